The van der Waals surface area contributed by atoms with Gasteiger partial charge in [0.25, 0.3) is 5.56 Å². The molecule has 0 bridgehead atoms. The van der Waals surface area contributed by atoms with Gasteiger partial charge >= 0.3 is 0 Å². The normalized spacial score (nSPS) is 10.8. The first-order chi connectivity index (χ1) is 14.6. The fourth-order valence-electron chi connectivity index (χ4n) is 3.08. The first kappa shape index (κ1) is 19.8. The van der Waals surface area contributed by atoms with E-state index in [0.29, 0.717) is 34.9 Å². The highest BCUT2D eigenvalue weighted by Crippen LogP contribution is 2.19. The van der Waals surface area contributed by atoms with Gasteiger partial charge in [0, 0.05) is 35.3 Å². The Hall–Kier alpha value is -3.45. The summed E-state index contributed by atoms with van der Waals surface area (Å²) >= 11 is 1.46. The number of thiazole rings is 1. The summed E-state index contributed by atoms with van der Waals surface area (Å²) in [5, 5.41) is 2.90. The summed E-state index contributed by atoms with van der Waals surface area (Å²) in [5.41, 5.74) is 2.25. The molecule has 0 aliphatic carbocycles. The Morgan fingerprint density at radius 2 is 1.97 bits per heavy atom. The predicted octanol–water partition coefficient (Wildman–Crippen LogP) is 4.21. The molecule has 0 saturated carbocycles. The summed E-state index contributed by atoms with van der Waals surface area (Å²) in [4.78, 5) is 30.6. The maximum atomic E-state index is 12.2. The zero-order valence-corrected chi connectivity index (χ0v) is 17.3. The van der Waals surface area contributed by atoms with Crippen molar-refractivity contribution in [3.63, 3.8) is 0 Å². The van der Waals surface area contributed by atoms with Crippen molar-refractivity contribution in [2.75, 3.05) is 5.32 Å². The highest BCUT2D eigenvalue weighted by atomic mass is 32.1. The lowest BCUT2D eigenvalue weighted by Crippen LogP contribution is -2.14. The molecule has 1 N–H and O–H groups in total. The molecule has 0 atom stereocenters. The number of nitrogens with zero attached hydrogens (tertiary/aromatic N) is 2. The topological polar surface area (TPSA) is 72.7 Å². The van der Waals surface area contributed by atoms with Gasteiger partial charge in [-0.3, -0.25) is 14.0 Å². The minimum absolute atomic E-state index is 0.0517. The molecular formula is C23H21N3O3S. The monoisotopic (exact) mass is 419 g/mol. The molecule has 2 aromatic heterocycles. The first-order valence-electron chi connectivity index (χ1n) is 9.62. The maximum absolute atomic E-state index is 12.2. The molecule has 0 saturated heterocycles. The van der Waals surface area contributed by atoms with E-state index in [-0.39, 0.29) is 18.1 Å². The number of aromatic nitrogens is 2. The van der Waals surface area contributed by atoms with E-state index in [4.69, 9.17) is 4.74 Å². The van der Waals surface area contributed by atoms with Gasteiger partial charge in [0.2, 0.25) is 5.91 Å². The fourth-order valence-corrected chi connectivity index (χ4v) is 3.93. The summed E-state index contributed by atoms with van der Waals surface area (Å²) in [6.45, 7) is 2.11. The van der Waals surface area contributed by atoms with Crippen molar-refractivity contribution in [3.05, 3.63) is 93.3 Å². The number of amides is 1. The van der Waals surface area contributed by atoms with Crippen LogP contribution in [0, 0.1) is 6.92 Å². The van der Waals surface area contributed by atoms with Gasteiger partial charge in [0.15, 0.2) is 4.96 Å². The Labute approximate surface area is 177 Å². The quantitative estimate of drug-likeness (QED) is 0.487. The van der Waals surface area contributed by atoms with Crippen LogP contribution in [0.15, 0.2) is 71.7 Å². The van der Waals surface area contributed by atoms with Crippen LogP contribution in [0.2, 0.25) is 0 Å². The second kappa shape index (κ2) is 8.92. The standard InChI is InChI=1S/C23H21N3O3S/c1-16-14-26-22(28)13-19(25-23(26)30-16)15-29-20-9-5-8-18(12-20)24-21(27)11-10-17-6-3-2-4-7-17/h2-9,12-14H,10-11,15H2,1H3,(H,24,27). The molecule has 152 valence electrons. The van der Waals surface area contributed by atoms with E-state index in [1.165, 1.54) is 21.8 Å². The van der Waals surface area contributed by atoms with Crippen molar-refractivity contribution < 1.29 is 9.53 Å². The van der Waals surface area contributed by atoms with Crippen molar-refractivity contribution in [1.29, 1.82) is 0 Å². The summed E-state index contributed by atoms with van der Waals surface area (Å²) in [6.07, 6.45) is 2.88. The van der Waals surface area contributed by atoms with Gasteiger partial charge in [-0.25, -0.2) is 4.98 Å². The van der Waals surface area contributed by atoms with Crippen LogP contribution in [0.3, 0.4) is 0 Å². The Morgan fingerprint density at radius 3 is 2.80 bits per heavy atom. The largest absolute Gasteiger partial charge is 0.487 e. The van der Waals surface area contributed by atoms with Crippen molar-refractivity contribution in [3.8, 4) is 5.75 Å². The average Bonchev–Trinajstić information content (AvgIpc) is 3.13. The summed E-state index contributed by atoms with van der Waals surface area (Å²) in [6, 6.07) is 18.6. The molecule has 7 heteroatoms. The molecule has 0 aliphatic rings. The van der Waals surface area contributed by atoms with Gasteiger partial charge in [-0.05, 0) is 31.0 Å². The SMILES string of the molecule is Cc1cn2c(=O)cc(COc3cccc(NC(=O)CCc4ccccc4)c3)nc2s1. The number of benzene rings is 2. The van der Waals surface area contributed by atoms with Crippen LogP contribution in [-0.2, 0) is 17.8 Å². The molecule has 2 heterocycles. The van der Waals surface area contributed by atoms with E-state index in [1.807, 2.05) is 49.4 Å². The second-order valence-electron chi connectivity index (χ2n) is 6.93. The van der Waals surface area contributed by atoms with E-state index >= 15 is 0 Å². The first-order valence-corrected chi connectivity index (χ1v) is 10.4. The summed E-state index contributed by atoms with van der Waals surface area (Å²) in [5.74, 6) is 0.546. The highest BCUT2D eigenvalue weighted by molar-refractivity contribution is 7.16. The summed E-state index contributed by atoms with van der Waals surface area (Å²) < 4.78 is 7.33. The zero-order valence-electron chi connectivity index (χ0n) is 16.5. The number of rotatable bonds is 7. The molecule has 0 fully saturated rings. The lowest BCUT2D eigenvalue weighted by Gasteiger charge is -2.09. The van der Waals surface area contributed by atoms with E-state index in [0.717, 1.165) is 10.4 Å². The third-order valence-corrected chi connectivity index (χ3v) is 5.42. The Morgan fingerprint density at radius 1 is 1.13 bits per heavy atom. The minimum atomic E-state index is -0.123. The van der Waals surface area contributed by atoms with Crippen molar-refractivity contribution >= 4 is 27.9 Å². The van der Waals surface area contributed by atoms with E-state index in [9.17, 15) is 9.59 Å². The number of hydrogen-bond donors (Lipinski definition) is 1. The van der Waals surface area contributed by atoms with Crippen LogP contribution < -0.4 is 15.6 Å². The Bertz CT molecular complexity index is 1230. The molecule has 1 amide bonds. The molecule has 4 aromatic rings. The van der Waals surface area contributed by atoms with Gasteiger partial charge in [-0.2, -0.15) is 0 Å². The number of ether oxygens (including phenoxy) is 1. The summed E-state index contributed by atoms with van der Waals surface area (Å²) in [7, 11) is 0. The maximum Gasteiger partial charge on any atom is 0.258 e. The smallest absolute Gasteiger partial charge is 0.258 e. The molecule has 0 unspecified atom stereocenters. The molecule has 0 spiro atoms. The van der Waals surface area contributed by atoms with Crippen LogP contribution >= 0.6 is 11.3 Å². The van der Waals surface area contributed by atoms with Gasteiger partial charge in [0.05, 0.1) is 5.69 Å². The lowest BCUT2D eigenvalue weighted by molar-refractivity contribution is -0.116. The number of aryl methyl sites for hydroxylation is 2. The average molecular weight is 420 g/mol. The van der Waals surface area contributed by atoms with Crippen molar-refractivity contribution in [2.45, 2.75) is 26.4 Å². The van der Waals surface area contributed by atoms with Crippen molar-refractivity contribution in [2.24, 2.45) is 0 Å². The number of anilines is 1. The molecular weight excluding hydrogens is 398 g/mol. The zero-order chi connectivity index (χ0) is 20.9. The Balaban J connectivity index is 1.36. The van der Waals surface area contributed by atoms with Crippen LogP contribution in [0.5, 0.6) is 5.75 Å². The number of carbonyl (C=O) groups excluding carboxylic acids is 1. The van der Waals surface area contributed by atoms with Gasteiger partial charge in [0.1, 0.15) is 12.4 Å². The third-order valence-electron chi connectivity index (χ3n) is 4.52. The van der Waals surface area contributed by atoms with Gasteiger partial charge in [-0.1, -0.05) is 36.4 Å². The lowest BCUT2D eigenvalue weighted by atomic mass is 10.1. The third kappa shape index (κ3) is 4.93. The number of hydrogen-bond acceptors (Lipinski definition) is 5. The molecule has 4 rings (SSSR count). The van der Waals surface area contributed by atoms with Crippen molar-refractivity contribution in [1.82, 2.24) is 9.38 Å². The molecule has 0 aliphatic heterocycles. The molecule has 2 aromatic carbocycles. The minimum Gasteiger partial charge on any atom is -0.487 e. The van der Waals surface area contributed by atoms with Crippen LogP contribution in [-0.4, -0.2) is 15.3 Å². The van der Waals surface area contributed by atoms with Crippen LogP contribution in [0.4, 0.5) is 5.69 Å². The number of carbonyl (C=O) groups is 1. The van der Waals surface area contributed by atoms with Crippen LogP contribution in [0.1, 0.15) is 22.6 Å². The van der Waals surface area contributed by atoms with E-state index in [2.05, 4.69) is 10.3 Å². The van der Waals surface area contributed by atoms with E-state index in [1.54, 1.807) is 18.3 Å². The number of nitrogens with one attached hydrogen (secondary N) is 1. The Kier molecular flexibility index (Phi) is 5.90. The van der Waals surface area contributed by atoms with Crippen LogP contribution in [0.25, 0.3) is 4.96 Å². The number of fused-ring (bicyclic) bond motifs is 1. The highest BCUT2D eigenvalue weighted by Gasteiger charge is 2.08. The van der Waals surface area contributed by atoms with Gasteiger partial charge < -0.3 is 10.1 Å². The molecule has 6 nitrogen and oxygen atoms in total. The fraction of sp³-hybridized carbons (Fsp3) is 0.174. The van der Waals surface area contributed by atoms with E-state index < -0.39 is 0 Å². The molecule has 0 radical (unpaired) electrons. The molecule has 30 heavy (non-hydrogen) atoms. The second-order valence-corrected chi connectivity index (χ2v) is 8.14. The predicted molar refractivity (Wildman–Crippen MR) is 118 cm³/mol. The van der Waals surface area contributed by atoms with Gasteiger partial charge in [-0.15, -0.1) is 11.3 Å².